The van der Waals surface area contributed by atoms with Gasteiger partial charge in [-0.1, -0.05) is 5.11 Å². The SMILES string of the molecule is CC(=O)OCC1O[C@@H](O[C@@H]2C(COC(C)=O)O[C@@H]([N+](=O)[O-])C(N=[N+]=[N-])[C@H]2OC(C)=O)C(OC(C)=O)[C@@H](OC(C)=O)[C@@H]1OC(C)=O. The van der Waals surface area contributed by atoms with Crippen LogP contribution in [-0.4, -0.2) is 115 Å². The summed E-state index contributed by atoms with van der Waals surface area (Å²) in [7, 11) is 0. The van der Waals surface area contributed by atoms with Crippen LogP contribution in [0.1, 0.15) is 41.5 Å². The van der Waals surface area contributed by atoms with Crippen molar-refractivity contribution in [3.8, 4) is 0 Å². The van der Waals surface area contributed by atoms with Gasteiger partial charge in [0.05, 0.1) is 4.92 Å². The number of esters is 6. The number of carbonyl (C=O) groups is 6. The van der Waals surface area contributed by atoms with Crippen LogP contribution in [0.5, 0.6) is 0 Å². The molecule has 2 heterocycles. The van der Waals surface area contributed by atoms with Gasteiger partial charge < -0.3 is 42.6 Å². The lowest BCUT2D eigenvalue weighted by atomic mass is 9.94. The minimum atomic E-state index is -2.12. The van der Waals surface area contributed by atoms with E-state index in [4.69, 9.17) is 48.2 Å². The molecule has 0 spiro atoms. The predicted molar refractivity (Wildman–Crippen MR) is 138 cm³/mol. The third-order valence-corrected chi connectivity index (χ3v) is 6.02. The fourth-order valence-electron chi connectivity index (χ4n) is 4.54. The highest BCUT2D eigenvalue weighted by atomic mass is 16.8. The van der Waals surface area contributed by atoms with E-state index in [1.54, 1.807) is 0 Å². The van der Waals surface area contributed by atoms with Gasteiger partial charge in [0.1, 0.15) is 37.6 Å². The predicted octanol–water partition coefficient (Wildman–Crippen LogP) is -0.370. The van der Waals surface area contributed by atoms with Crippen molar-refractivity contribution in [2.75, 3.05) is 13.2 Å². The van der Waals surface area contributed by atoms with Crippen LogP contribution in [0.25, 0.3) is 10.4 Å². The number of rotatable bonds is 12. The fourth-order valence-corrected chi connectivity index (χ4v) is 4.54. The van der Waals surface area contributed by atoms with Gasteiger partial charge in [0.25, 0.3) is 0 Å². The van der Waals surface area contributed by atoms with Crippen LogP contribution in [0, 0.1) is 10.1 Å². The molecule has 2 rings (SSSR count). The van der Waals surface area contributed by atoms with Gasteiger partial charge in [-0.2, -0.15) is 0 Å². The molecular weight excluding hydrogens is 616 g/mol. The third kappa shape index (κ3) is 10.5. The van der Waals surface area contributed by atoms with Gasteiger partial charge in [0.2, 0.25) is 0 Å². The second-order valence-electron chi connectivity index (χ2n) is 9.59. The molecule has 0 bridgehead atoms. The van der Waals surface area contributed by atoms with Crippen LogP contribution in [-0.2, 0) is 71.4 Å². The van der Waals surface area contributed by atoms with Crippen LogP contribution in [0.15, 0.2) is 5.11 Å². The Kier molecular flexibility index (Phi) is 13.4. The molecule has 2 fully saturated rings. The Morgan fingerprint density at radius 2 is 1.13 bits per heavy atom. The monoisotopic (exact) mass is 648 g/mol. The highest BCUT2D eigenvalue weighted by Crippen LogP contribution is 2.35. The Balaban J connectivity index is 2.72. The van der Waals surface area contributed by atoms with Crippen LogP contribution >= 0.6 is 0 Å². The molecule has 2 saturated heterocycles. The first kappa shape index (κ1) is 36.6. The Bertz CT molecular complexity index is 1210. The average Bonchev–Trinajstić information content (AvgIpc) is 2.90. The van der Waals surface area contributed by atoms with E-state index in [0.29, 0.717) is 0 Å². The summed E-state index contributed by atoms with van der Waals surface area (Å²) in [6.45, 7) is 4.66. The van der Waals surface area contributed by atoms with E-state index >= 15 is 0 Å². The van der Waals surface area contributed by atoms with Crippen LogP contribution < -0.4 is 0 Å². The van der Waals surface area contributed by atoms with Gasteiger partial charge in [0, 0.05) is 46.5 Å². The van der Waals surface area contributed by atoms with Crippen molar-refractivity contribution in [3.05, 3.63) is 20.6 Å². The second kappa shape index (κ2) is 16.5. The highest BCUT2D eigenvalue weighted by molar-refractivity contribution is 5.69. The summed E-state index contributed by atoms with van der Waals surface area (Å²) >= 11 is 0. The first-order valence-corrected chi connectivity index (χ1v) is 13.1. The maximum absolute atomic E-state index is 12.2. The molecular formula is C24H32N4O17. The van der Waals surface area contributed by atoms with Crippen molar-refractivity contribution in [2.45, 2.75) is 103 Å². The van der Waals surface area contributed by atoms with Crippen molar-refractivity contribution in [1.29, 1.82) is 0 Å². The van der Waals surface area contributed by atoms with Crippen LogP contribution in [0.2, 0.25) is 0 Å². The molecule has 0 radical (unpaired) electrons. The topological polar surface area (TPSA) is 277 Å². The number of ether oxygens (including phenoxy) is 9. The van der Waals surface area contributed by atoms with Gasteiger partial charge in [-0.3, -0.25) is 38.9 Å². The lowest BCUT2D eigenvalue weighted by Gasteiger charge is -2.47. The molecule has 0 aliphatic carbocycles. The molecule has 10 atom stereocenters. The van der Waals surface area contributed by atoms with E-state index in [1.807, 2.05) is 0 Å². The molecule has 4 unspecified atom stereocenters. The summed E-state index contributed by atoms with van der Waals surface area (Å²) in [5, 5.41) is 15.2. The molecule has 45 heavy (non-hydrogen) atoms. The number of nitrogens with zero attached hydrogens (tertiary/aromatic N) is 4. The first-order chi connectivity index (χ1) is 21.0. The lowest BCUT2D eigenvalue weighted by Crippen LogP contribution is -2.67. The molecule has 2 aliphatic heterocycles. The van der Waals surface area contributed by atoms with Gasteiger partial charge in [-0.05, 0) is 5.53 Å². The van der Waals surface area contributed by atoms with Gasteiger partial charge in [-0.25, -0.2) is 0 Å². The zero-order valence-corrected chi connectivity index (χ0v) is 24.9. The number of carbonyl (C=O) groups excluding carboxylic acids is 6. The fraction of sp³-hybridized carbons (Fsp3) is 0.750. The Hall–Kier alpha value is -4.59. The quantitative estimate of drug-likeness (QED) is 0.0496. The smallest absolute Gasteiger partial charge is 0.328 e. The molecule has 21 heteroatoms. The Morgan fingerprint density at radius 1 is 0.689 bits per heavy atom. The van der Waals surface area contributed by atoms with Gasteiger partial charge in [0.15, 0.2) is 30.6 Å². The maximum atomic E-state index is 12.2. The zero-order chi connectivity index (χ0) is 34.0. The van der Waals surface area contributed by atoms with E-state index in [2.05, 4.69) is 10.0 Å². The number of hydrogen-bond acceptors (Lipinski definition) is 18. The van der Waals surface area contributed by atoms with Crippen LogP contribution in [0.3, 0.4) is 0 Å². The summed E-state index contributed by atoms with van der Waals surface area (Å²) in [5.74, 6) is -5.45. The molecule has 0 amide bonds. The van der Waals surface area contributed by atoms with Crippen molar-refractivity contribution in [1.82, 2.24) is 0 Å². The highest BCUT2D eigenvalue weighted by Gasteiger charge is 2.58. The maximum Gasteiger partial charge on any atom is 0.328 e. The van der Waals surface area contributed by atoms with E-state index in [1.165, 1.54) is 0 Å². The van der Waals surface area contributed by atoms with E-state index in [9.17, 15) is 38.9 Å². The molecule has 2 aliphatic rings. The summed E-state index contributed by atoms with van der Waals surface area (Å²) in [6.07, 6.45) is -15.6. The first-order valence-electron chi connectivity index (χ1n) is 13.1. The molecule has 21 nitrogen and oxygen atoms in total. The number of hydrogen-bond donors (Lipinski definition) is 0. The van der Waals surface area contributed by atoms with Gasteiger partial charge in [-0.15, -0.1) is 0 Å². The van der Waals surface area contributed by atoms with Crippen LogP contribution in [0.4, 0.5) is 0 Å². The minimum absolute atomic E-state index is 0.617. The molecule has 0 aromatic rings. The van der Waals surface area contributed by atoms with E-state index in [0.717, 1.165) is 41.5 Å². The second-order valence-corrected chi connectivity index (χ2v) is 9.59. The molecule has 250 valence electrons. The van der Waals surface area contributed by atoms with E-state index in [-0.39, 0.29) is 0 Å². The van der Waals surface area contributed by atoms with Crippen molar-refractivity contribution < 1.29 is 76.3 Å². The normalized spacial score (nSPS) is 30.8. The standard InChI is InChI=1S/C24H32N4O17/c1-9(29)37-7-15-18(20(40-12(4)32)17(26-27-25)23(43-15)28(35)36)45-24-22(42-14(6)34)21(41-13(5)33)19(39-11(3)31)16(44-24)8-38-10(2)30/h15-24H,7-8H2,1-6H3/t15?,16?,17?,18-,19-,20-,21+,22?,23-,24+/m1/s1. The summed E-state index contributed by atoms with van der Waals surface area (Å²) < 4.78 is 48.6. The molecule has 0 saturated carbocycles. The van der Waals surface area contributed by atoms with E-state index < -0.39 is 115 Å². The summed E-state index contributed by atoms with van der Waals surface area (Å²) in [4.78, 5) is 85.1. The largest absolute Gasteiger partial charge is 0.463 e. The molecule has 0 aromatic carbocycles. The lowest BCUT2D eigenvalue weighted by molar-refractivity contribution is -0.594. The third-order valence-electron chi connectivity index (χ3n) is 6.02. The van der Waals surface area contributed by atoms with Crippen molar-refractivity contribution in [3.63, 3.8) is 0 Å². The average molecular weight is 649 g/mol. The zero-order valence-electron chi connectivity index (χ0n) is 24.9. The number of nitro groups is 1. The van der Waals surface area contributed by atoms with Gasteiger partial charge >= 0.3 is 42.0 Å². The Labute approximate surface area is 254 Å². The number of azide groups is 1. The van der Waals surface area contributed by atoms with Crippen molar-refractivity contribution >= 4 is 35.8 Å². The minimum Gasteiger partial charge on any atom is -0.463 e. The molecule has 0 aromatic heterocycles. The molecule has 0 N–H and O–H groups in total. The summed E-state index contributed by atoms with van der Waals surface area (Å²) in [6, 6.07) is -1.86. The Morgan fingerprint density at radius 3 is 1.58 bits per heavy atom. The summed E-state index contributed by atoms with van der Waals surface area (Å²) in [5.41, 5.74) is 9.14. The van der Waals surface area contributed by atoms with Crippen molar-refractivity contribution in [2.24, 2.45) is 5.11 Å².